The van der Waals surface area contributed by atoms with Gasteiger partial charge in [-0.15, -0.1) is 4.31 Å². The normalized spacial score (nSPS) is 15.5. The molecule has 2 aromatic rings. The van der Waals surface area contributed by atoms with Crippen molar-refractivity contribution in [2.45, 2.75) is 23.6 Å². The van der Waals surface area contributed by atoms with Crippen molar-refractivity contribution in [3.63, 3.8) is 0 Å². The van der Waals surface area contributed by atoms with E-state index in [1.165, 1.54) is 48.5 Å². The summed E-state index contributed by atoms with van der Waals surface area (Å²) in [7, 11) is -8.87. The monoisotopic (exact) mass is 408 g/mol. The summed E-state index contributed by atoms with van der Waals surface area (Å²) in [5.41, 5.74) is 1.60. The largest absolute Gasteiger partial charge is 0.355 e. The Hall–Kier alpha value is -2.72. The average molecular weight is 408 g/mol. The average Bonchev–Trinajstić information content (AvgIpc) is 2.91. The van der Waals surface area contributed by atoms with Gasteiger partial charge >= 0.3 is 6.03 Å². The van der Waals surface area contributed by atoms with E-state index in [1.807, 2.05) is 0 Å². The van der Waals surface area contributed by atoms with Gasteiger partial charge in [0, 0.05) is 0 Å². The SMILES string of the molecule is Cc1ccc(S(=O)(=O)N2CC(=O)N(S(=O)(=O)c3ccc(C)cc3)C2=O)cc1. The Morgan fingerprint density at radius 3 is 1.56 bits per heavy atom. The molecule has 0 bridgehead atoms. The van der Waals surface area contributed by atoms with Gasteiger partial charge in [0.05, 0.1) is 9.79 Å². The van der Waals surface area contributed by atoms with Crippen molar-refractivity contribution in [3.8, 4) is 0 Å². The number of hydrogen-bond acceptors (Lipinski definition) is 6. The summed E-state index contributed by atoms with van der Waals surface area (Å²) in [5, 5.41) is 0. The van der Waals surface area contributed by atoms with Crippen LogP contribution in [-0.2, 0) is 24.8 Å². The maximum atomic E-state index is 12.7. The number of carbonyl (C=O) groups is 2. The third-order valence-electron chi connectivity index (χ3n) is 4.06. The van der Waals surface area contributed by atoms with Crippen molar-refractivity contribution in [2.75, 3.05) is 6.54 Å². The Kier molecular flexibility index (Phi) is 4.56. The molecule has 0 saturated carbocycles. The van der Waals surface area contributed by atoms with Crippen molar-refractivity contribution < 1.29 is 26.4 Å². The second-order valence-corrected chi connectivity index (χ2v) is 9.73. The number of hydrogen-bond donors (Lipinski definition) is 0. The highest BCUT2D eigenvalue weighted by Gasteiger charge is 2.49. The van der Waals surface area contributed by atoms with Gasteiger partial charge in [-0.1, -0.05) is 35.4 Å². The van der Waals surface area contributed by atoms with E-state index in [1.54, 1.807) is 13.8 Å². The molecule has 0 aliphatic carbocycles. The molecule has 0 aromatic heterocycles. The summed E-state index contributed by atoms with van der Waals surface area (Å²) in [5.74, 6) is -1.13. The minimum Gasteiger partial charge on any atom is -0.271 e. The minimum absolute atomic E-state index is 0.00338. The number of nitrogens with zero attached hydrogens (tertiary/aromatic N) is 2. The Morgan fingerprint density at radius 2 is 1.11 bits per heavy atom. The highest BCUT2D eigenvalue weighted by Crippen LogP contribution is 2.27. The first-order valence-electron chi connectivity index (χ1n) is 7.83. The molecule has 3 amide bonds. The number of urea groups is 1. The Balaban J connectivity index is 2.00. The Bertz CT molecular complexity index is 1120. The minimum atomic E-state index is -4.51. The molecule has 1 heterocycles. The number of benzene rings is 2. The van der Waals surface area contributed by atoms with Crippen molar-refractivity contribution >= 4 is 32.0 Å². The lowest BCUT2D eigenvalue weighted by Crippen LogP contribution is -2.39. The fourth-order valence-corrected chi connectivity index (χ4v) is 5.22. The Labute approximate surface area is 157 Å². The summed E-state index contributed by atoms with van der Waals surface area (Å²) < 4.78 is 51.0. The molecule has 8 nitrogen and oxygen atoms in total. The quantitative estimate of drug-likeness (QED) is 0.712. The third-order valence-corrected chi connectivity index (χ3v) is 7.50. The summed E-state index contributed by atoms with van der Waals surface area (Å²) in [6.07, 6.45) is 0. The standard InChI is InChI=1S/C17H16N2O6S2/c1-12-3-7-14(8-4-12)26(22,23)18-11-16(20)19(17(18)21)27(24,25)15-9-5-13(2)6-10-15/h3-10H,11H2,1-2H3. The van der Waals surface area contributed by atoms with Gasteiger partial charge in [-0.25, -0.2) is 25.9 Å². The first-order valence-corrected chi connectivity index (χ1v) is 10.7. The third kappa shape index (κ3) is 3.21. The van der Waals surface area contributed by atoms with E-state index in [9.17, 15) is 26.4 Å². The van der Waals surface area contributed by atoms with Crippen LogP contribution in [-0.4, -0.2) is 43.9 Å². The van der Waals surface area contributed by atoms with Gasteiger partial charge in [0.2, 0.25) is 0 Å². The molecule has 2 aromatic carbocycles. The van der Waals surface area contributed by atoms with Crippen molar-refractivity contribution in [1.29, 1.82) is 0 Å². The summed E-state index contributed by atoms with van der Waals surface area (Å²) >= 11 is 0. The van der Waals surface area contributed by atoms with Gasteiger partial charge in [0.15, 0.2) is 0 Å². The van der Waals surface area contributed by atoms with Crippen LogP contribution in [0.4, 0.5) is 4.79 Å². The van der Waals surface area contributed by atoms with Crippen LogP contribution in [0.2, 0.25) is 0 Å². The van der Waals surface area contributed by atoms with Gasteiger partial charge in [0.1, 0.15) is 6.54 Å². The molecule has 0 radical (unpaired) electrons. The predicted molar refractivity (Wildman–Crippen MR) is 95.7 cm³/mol. The van der Waals surface area contributed by atoms with Crippen LogP contribution in [0, 0.1) is 13.8 Å². The second-order valence-electron chi connectivity index (χ2n) is 6.08. The Morgan fingerprint density at radius 1 is 0.704 bits per heavy atom. The van der Waals surface area contributed by atoms with Crippen molar-refractivity contribution in [3.05, 3.63) is 59.7 Å². The van der Waals surface area contributed by atoms with E-state index in [-0.39, 0.29) is 18.4 Å². The molecule has 1 fully saturated rings. The van der Waals surface area contributed by atoms with E-state index < -0.39 is 38.5 Å². The second kappa shape index (κ2) is 6.46. The summed E-state index contributed by atoms with van der Waals surface area (Å²) in [6, 6.07) is 9.77. The summed E-state index contributed by atoms with van der Waals surface area (Å²) in [4.78, 5) is 24.3. The molecule has 142 valence electrons. The van der Waals surface area contributed by atoms with Crippen LogP contribution in [0.5, 0.6) is 0 Å². The zero-order valence-corrected chi connectivity index (χ0v) is 16.1. The van der Waals surface area contributed by atoms with Crippen molar-refractivity contribution in [1.82, 2.24) is 8.61 Å². The van der Waals surface area contributed by atoms with Crippen LogP contribution in [0.3, 0.4) is 0 Å². The molecule has 1 aliphatic heterocycles. The molecule has 0 N–H and O–H groups in total. The molecule has 1 aliphatic rings. The number of rotatable bonds is 4. The molecular weight excluding hydrogens is 392 g/mol. The highest BCUT2D eigenvalue weighted by molar-refractivity contribution is 7.91. The maximum absolute atomic E-state index is 12.7. The van der Waals surface area contributed by atoms with E-state index >= 15 is 0 Å². The number of amides is 3. The molecule has 10 heteroatoms. The molecule has 1 saturated heterocycles. The van der Waals surface area contributed by atoms with E-state index in [0.717, 1.165) is 11.1 Å². The fourth-order valence-electron chi connectivity index (χ4n) is 2.54. The van der Waals surface area contributed by atoms with Crippen LogP contribution >= 0.6 is 0 Å². The fraction of sp³-hybridized carbons (Fsp3) is 0.176. The molecule has 0 spiro atoms. The molecule has 0 atom stereocenters. The van der Waals surface area contributed by atoms with Gasteiger partial charge < -0.3 is 0 Å². The van der Waals surface area contributed by atoms with Crippen LogP contribution in [0.1, 0.15) is 11.1 Å². The van der Waals surface area contributed by atoms with Gasteiger partial charge in [-0.05, 0) is 38.1 Å². The number of imide groups is 1. The van der Waals surface area contributed by atoms with Crippen molar-refractivity contribution in [2.24, 2.45) is 0 Å². The number of carbonyl (C=O) groups excluding carboxylic acids is 2. The van der Waals surface area contributed by atoms with Crippen LogP contribution in [0.15, 0.2) is 58.3 Å². The first kappa shape index (κ1) is 19.1. The first-order chi connectivity index (χ1) is 12.5. The lowest BCUT2D eigenvalue weighted by Gasteiger charge is -2.17. The molecule has 3 rings (SSSR count). The predicted octanol–water partition coefficient (Wildman–Crippen LogP) is 1.65. The summed E-state index contributed by atoms with van der Waals surface area (Å²) in [6.45, 7) is 2.63. The van der Waals surface area contributed by atoms with Gasteiger partial charge in [0.25, 0.3) is 26.0 Å². The zero-order chi connectivity index (χ0) is 20.0. The molecular formula is C17H16N2O6S2. The zero-order valence-electron chi connectivity index (χ0n) is 14.5. The topological polar surface area (TPSA) is 109 Å². The number of aryl methyl sites for hydroxylation is 2. The van der Waals surface area contributed by atoms with Crippen LogP contribution < -0.4 is 0 Å². The lowest BCUT2D eigenvalue weighted by atomic mass is 10.2. The molecule has 27 heavy (non-hydrogen) atoms. The smallest absolute Gasteiger partial charge is 0.271 e. The van der Waals surface area contributed by atoms with Gasteiger partial charge in [-0.2, -0.15) is 0 Å². The highest BCUT2D eigenvalue weighted by atomic mass is 32.2. The number of sulfonamides is 2. The molecule has 0 unspecified atom stereocenters. The van der Waals surface area contributed by atoms with Crippen LogP contribution in [0.25, 0.3) is 0 Å². The lowest BCUT2D eigenvalue weighted by molar-refractivity contribution is -0.121. The van der Waals surface area contributed by atoms with E-state index in [4.69, 9.17) is 0 Å². The van der Waals surface area contributed by atoms with E-state index in [0.29, 0.717) is 0 Å². The van der Waals surface area contributed by atoms with Gasteiger partial charge in [-0.3, -0.25) is 4.79 Å². The maximum Gasteiger partial charge on any atom is 0.355 e. The van der Waals surface area contributed by atoms with E-state index in [2.05, 4.69) is 0 Å².